The predicted molar refractivity (Wildman–Crippen MR) is 134 cm³/mol. The topological polar surface area (TPSA) is 103 Å². The molecule has 0 atom stereocenters. The minimum absolute atomic E-state index is 0.00874. The molecule has 0 bridgehead atoms. The summed E-state index contributed by atoms with van der Waals surface area (Å²) in [4.78, 5) is 35.9. The van der Waals surface area contributed by atoms with E-state index in [1.807, 2.05) is 12.1 Å². The zero-order valence-corrected chi connectivity index (χ0v) is 21.6. The van der Waals surface area contributed by atoms with Crippen molar-refractivity contribution in [3.63, 3.8) is 0 Å². The van der Waals surface area contributed by atoms with Gasteiger partial charge in [-0.15, -0.1) is 0 Å². The first-order valence-electron chi connectivity index (χ1n) is 11.6. The molecule has 0 saturated heterocycles. The van der Waals surface area contributed by atoms with E-state index in [2.05, 4.69) is 58.5 Å². The van der Waals surface area contributed by atoms with Crippen LogP contribution in [0.3, 0.4) is 0 Å². The van der Waals surface area contributed by atoms with Crippen LogP contribution in [0.15, 0.2) is 42.5 Å². The lowest BCUT2D eigenvalue weighted by atomic mass is 9.80. The molecule has 2 aromatic carbocycles. The van der Waals surface area contributed by atoms with Gasteiger partial charge in [-0.3, -0.25) is 20.4 Å². The fourth-order valence-corrected chi connectivity index (χ4v) is 3.11. The number of nitrogens with one attached hydrogen (secondary N) is 2. The molecule has 0 aromatic heterocycles. The predicted octanol–water partition coefficient (Wildman–Crippen LogP) is 4.06. The number of rotatable bonds is 8. The molecule has 190 valence electrons. The number of carbonyl (C=O) groups excluding carboxylic acids is 3. The van der Waals surface area contributed by atoms with E-state index < -0.39 is 17.8 Å². The normalized spacial score (nSPS) is 11.4. The van der Waals surface area contributed by atoms with Gasteiger partial charge in [0, 0.05) is 0 Å². The standard InChI is InChI=1S/C27H36N2O6/c1-8-33-25(32)18-9-12-20(13-10-18)34-16-23(30)28-29-24(31)17-35-22-14-11-19(26(2,3)4)15-21(22)27(5,6)7/h9-15H,8,16-17H2,1-7H3,(H,28,30)(H,29,31). The van der Waals surface area contributed by atoms with Crippen LogP contribution in [0, 0.1) is 0 Å². The van der Waals surface area contributed by atoms with Gasteiger partial charge in [0.15, 0.2) is 13.2 Å². The first kappa shape index (κ1) is 27.7. The van der Waals surface area contributed by atoms with E-state index >= 15 is 0 Å². The molecular weight excluding hydrogens is 448 g/mol. The molecular formula is C27H36N2O6. The summed E-state index contributed by atoms with van der Waals surface area (Å²) in [6, 6.07) is 12.2. The lowest BCUT2D eigenvalue weighted by Crippen LogP contribution is -2.45. The summed E-state index contributed by atoms with van der Waals surface area (Å²) in [5.74, 6) is -0.450. The van der Waals surface area contributed by atoms with Crippen LogP contribution in [0.1, 0.15) is 70.0 Å². The second-order valence-electron chi connectivity index (χ2n) is 10.1. The quantitative estimate of drug-likeness (QED) is 0.433. The highest BCUT2D eigenvalue weighted by molar-refractivity contribution is 5.89. The molecule has 2 N–H and O–H groups in total. The Balaban J connectivity index is 1.84. The minimum Gasteiger partial charge on any atom is -0.484 e. The Labute approximate surface area is 207 Å². The first-order chi connectivity index (χ1) is 16.3. The first-order valence-corrected chi connectivity index (χ1v) is 11.6. The van der Waals surface area contributed by atoms with Crippen LogP contribution >= 0.6 is 0 Å². The molecule has 2 amide bonds. The van der Waals surface area contributed by atoms with E-state index in [0.717, 1.165) is 5.56 Å². The largest absolute Gasteiger partial charge is 0.484 e. The summed E-state index contributed by atoms with van der Waals surface area (Å²) in [5.41, 5.74) is 7.00. The summed E-state index contributed by atoms with van der Waals surface area (Å²) in [6.45, 7) is 14.2. The highest BCUT2D eigenvalue weighted by atomic mass is 16.5. The monoisotopic (exact) mass is 484 g/mol. The van der Waals surface area contributed by atoms with E-state index in [-0.39, 0.29) is 30.7 Å². The highest BCUT2D eigenvalue weighted by Gasteiger charge is 2.23. The minimum atomic E-state index is -0.544. The van der Waals surface area contributed by atoms with Gasteiger partial charge in [-0.05, 0) is 59.2 Å². The van der Waals surface area contributed by atoms with Gasteiger partial charge in [-0.25, -0.2) is 4.79 Å². The number of amides is 2. The molecule has 8 nitrogen and oxygen atoms in total. The summed E-state index contributed by atoms with van der Waals surface area (Å²) in [6.07, 6.45) is 0. The van der Waals surface area contributed by atoms with Gasteiger partial charge in [0.2, 0.25) is 0 Å². The van der Waals surface area contributed by atoms with Gasteiger partial charge in [0.05, 0.1) is 12.2 Å². The van der Waals surface area contributed by atoms with Crippen LogP contribution in [-0.2, 0) is 25.2 Å². The molecule has 0 aliphatic carbocycles. The van der Waals surface area contributed by atoms with Crippen molar-refractivity contribution in [3.8, 4) is 11.5 Å². The van der Waals surface area contributed by atoms with Gasteiger partial charge in [0.1, 0.15) is 11.5 Å². The maximum absolute atomic E-state index is 12.2. The molecule has 0 aliphatic rings. The van der Waals surface area contributed by atoms with E-state index in [1.54, 1.807) is 31.2 Å². The number of esters is 1. The summed E-state index contributed by atoms with van der Waals surface area (Å²) >= 11 is 0. The zero-order valence-electron chi connectivity index (χ0n) is 21.6. The summed E-state index contributed by atoms with van der Waals surface area (Å²) in [5, 5.41) is 0. The Morgan fingerprint density at radius 3 is 1.86 bits per heavy atom. The Kier molecular flexibility index (Phi) is 9.28. The van der Waals surface area contributed by atoms with Gasteiger partial charge in [-0.1, -0.05) is 53.7 Å². The number of carbonyl (C=O) groups is 3. The van der Waals surface area contributed by atoms with Gasteiger partial charge < -0.3 is 14.2 Å². The van der Waals surface area contributed by atoms with E-state index in [9.17, 15) is 14.4 Å². The van der Waals surface area contributed by atoms with Crippen LogP contribution in [-0.4, -0.2) is 37.6 Å². The average Bonchev–Trinajstić information content (AvgIpc) is 2.79. The lowest BCUT2D eigenvalue weighted by molar-refractivity contribution is -0.131. The Hall–Kier alpha value is -3.55. The number of hydrogen-bond acceptors (Lipinski definition) is 6. The molecule has 0 saturated carbocycles. The fraction of sp³-hybridized carbons (Fsp3) is 0.444. The number of hydrogen-bond donors (Lipinski definition) is 2. The van der Waals surface area contributed by atoms with Gasteiger partial charge in [0.25, 0.3) is 11.8 Å². The third-order valence-electron chi connectivity index (χ3n) is 5.09. The van der Waals surface area contributed by atoms with Crippen LogP contribution in [0.5, 0.6) is 11.5 Å². The molecule has 35 heavy (non-hydrogen) atoms. The number of hydrazine groups is 1. The fourth-order valence-electron chi connectivity index (χ4n) is 3.11. The third-order valence-corrected chi connectivity index (χ3v) is 5.09. The van der Waals surface area contributed by atoms with Crippen LogP contribution in [0.4, 0.5) is 0 Å². The van der Waals surface area contributed by atoms with Crippen LogP contribution in [0.25, 0.3) is 0 Å². The number of ether oxygens (including phenoxy) is 3. The summed E-state index contributed by atoms with van der Waals surface area (Å²) < 4.78 is 16.1. The second-order valence-corrected chi connectivity index (χ2v) is 10.1. The Morgan fingerprint density at radius 2 is 1.34 bits per heavy atom. The third kappa shape index (κ3) is 8.63. The van der Waals surface area contributed by atoms with Crippen molar-refractivity contribution in [2.24, 2.45) is 0 Å². The zero-order chi connectivity index (χ0) is 26.2. The van der Waals surface area contributed by atoms with E-state index in [4.69, 9.17) is 14.2 Å². The van der Waals surface area contributed by atoms with Crippen molar-refractivity contribution in [3.05, 3.63) is 59.2 Å². The summed E-state index contributed by atoms with van der Waals surface area (Å²) in [7, 11) is 0. The molecule has 2 aromatic rings. The Bertz CT molecular complexity index is 1030. The van der Waals surface area contributed by atoms with Crippen LogP contribution in [0.2, 0.25) is 0 Å². The van der Waals surface area contributed by atoms with Crippen molar-refractivity contribution in [2.75, 3.05) is 19.8 Å². The molecule has 2 rings (SSSR count). The highest BCUT2D eigenvalue weighted by Crippen LogP contribution is 2.35. The molecule has 0 radical (unpaired) electrons. The molecule has 0 heterocycles. The maximum atomic E-state index is 12.2. The smallest absolute Gasteiger partial charge is 0.338 e. The van der Waals surface area contributed by atoms with Crippen molar-refractivity contribution < 1.29 is 28.6 Å². The van der Waals surface area contributed by atoms with Crippen molar-refractivity contribution in [2.45, 2.75) is 59.3 Å². The van der Waals surface area contributed by atoms with Crippen molar-refractivity contribution in [1.82, 2.24) is 10.9 Å². The Morgan fingerprint density at radius 1 is 0.771 bits per heavy atom. The lowest BCUT2D eigenvalue weighted by Gasteiger charge is -2.27. The van der Waals surface area contributed by atoms with E-state index in [1.165, 1.54) is 5.56 Å². The van der Waals surface area contributed by atoms with Gasteiger partial charge in [-0.2, -0.15) is 0 Å². The molecule has 0 unspecified atom stereocenters. The molecule has 0 aliphatic heterocycles. The average molecular weight is 485 g/mol. The van der Waals surface area contributed by atoms with Crippen molar-refractivity contribution >= 4 is 17.8 Å². The van der Waals surface area contributed by atoms with Gasteiger partial charge >= 0.3 is 5.97 Å². The molecule has 0 fully saturated rings. The maximum Gasteiger partial charge on any atom is 0.338 e. The van der Waals surface area contributed by atoms with Crippen LogP contribution < -0.4 is 20.3 Å². The second kappa shape index (κ2) is 11.7. The molecule has 8 heteroatoms. The van der Waals surface area contributed by atoms with E-state index in [0.29, 0.717) is 17.1 Å². The van der Waals surface area contributed by atoms with Crippen molar-refractivity contribution in [1.29, 1.82) is 0 Å². The SMILES string of the molecule is CCOC(=O)c1ccc(OCC(=O)NNC(=O)COc2ccc(C(C)(C)C)cc2C(C)(C)C)cc1. The molecule has 0 spiro atoms. The number of benzene rings is 2.